The molecule has 0 spiro atoms. The van der Waals surface area contributed by atoms with E-state index >= 15 is 0 Å². The largest absolute Gasteiger partial charge is 0.378 e. The Labute approximate surface area is 199 Å². The Hall–Kier alpha value is -2.28. The number of anilines is 1. The summed E-state index contributed by atoms with van der Waals surface area (Å²) >= 11 is 14.8. The summed E-state index contributed by atoms with van der Waals surface area (Å²) in [5.41, 5.74) is 3.11. The second-order valence-electron chi connectivity index (χ2n) is 8.16. The van der Waals surface area contributed by atoms with E-state index in [2.05, 4.69) is 5.32 Å². The lowest BCUT2D eigenvalue weighted by molar-refractivity contribution is -0.387. The van der Waals surface area contributed by atoms with Gasteiger partial charge >= 0.3 is 0 Å². The third-order valence-corrected chi connectivity index (χ3v) is 8.69. The van der Waals surface area contributed by atoms with Crippen LogP contribution in [0.15, 0.2) is 71.6 Å². The van der Waals surface area contributed by atoms with Crippen molar-refractivity contribution in [1.29, 1.82) is 0 Å². The average Bonchev–Trinajstić information content (AvgIpc) is 3.10. The highest BCUT2D eigenvalue weighted by atomic mass is 35.5. The molecule has 0 amide bonds. The fourth-order valence-electron chi connectivity index (χ4n) is 4.96. The zero-order chi connectivity index (χ0) is 22.4. The van der Waals surface area contributed by atoms with Crippen molar-refractivity contribution in [3.63, 3.8) is 0 Å². The third-order valence-electron chi connectivity index (χ3n) is 6.35. The summed E-state index contributed by atoms with van der Waals surface area (Å²) in [7, 11) is 0. The van der Waals surface area contributed by atoms with E-state index in [1.54, 1.807) is 30.3 Å². The molecule has 3 aromatic rings. The van der Waals surface area contributed by atoms with Gasteiger partial charge in [-0.15, -0.1) is 23.4 Å². The number of rotatable bonds is 4. The molecule has 4 nitrogen and oxygen atoms in total. The van der Waals surface area contributed by atoms with E-state index in [0.29, 0.717) is 9.92 Å². The molecule has 1 aliphatic carbocycles. The Balaban J connectivity index is 1.53. The first-order valence-electron chi connectivity index (χ1n) is 10.3. The quantitative estimate of drug-likeness (QED) is 0.235. The molecule has 1 aliphatic heterocycles. The lowest BCUT2D eigenvalue weighted by Gasteiger charge is -2.38. The van der Waals surface area contributed by atoms with Crippen LogP contribution < -0.4 is 5.32 Å². The maximum Gasteiger partial charge on any atom is 0.282 e. The molecule has 164 valence electrons. The first-order chi connectivity index (χ1) is 15.4. The van der Waals surface area contributed by atoms with Crippen molar-refractivity contribution < 1.29 is 9.31 Å². The second-order valence-corrected chi connectivity index (χ2v) is 10.4. The molecule has 2 aliphatic rings. The number of alkyl halides is 1. The van der Waals surface area contributed by atoms with Gasteiger partial charge in [-0.3, -0.25) is 10.1 Å². The molecule has 1 fully saturated rings. The third kappa shape index (κ3) is 3.85. The molecule has 8 heteroatoms. The first kappa shape index (κ1) is 21.6. The standard InChI is InChI=1S/C24H19Cl2FN2O2S/c25-14-7-10-18-16(11-14)22-17(24(28-18)13-5-8-15(27)9-6-13)12-21(23(22)26)32-20-4-2-1-3-19(20)29(30)31/h1-11,17,21-24,28H,12H2/t17-,21-,22+,23-,24+/m1/s1. The van der Waals surface area contributed by atoms with Gasteiger partial charge in [-0.2, -0.15) is 0 Å². The van der Waals surface area contributed by atoms with Crippen LogP contribution in [0.2, 0.25) is 5.02 Å². The van der Waals surface area contributed by atoms with Gasteiger partial charge in [0, 0.05) is 27.9 Å². The molecule has 32 heavy (non-hydrogen) atoms. The Morgan fingerprint density at radius 1 is 1.09 bits per heavy atom. The number of nitro benzene ring substituents is 1. The number of para-hydroxylation sites is 1. The topological polar surface area (TPSA) is 55.2 Å². The minimum atomic E-state index is -0.356. The predicted octanol–water partition coefficient (Wildman–Crippen LogP) is 7.43. The summed E-state index contributed by atoms with van der Waals surface area (Å²) in [5, 5.41) is 15.5. The number of nitrogens with zero attached hydrogens (tertiary/aromatic N) is 1. The smallest absolute Gasteiger partial charge is 0.282 e. The second kappa shape index (κ2) is 8.58. The van der Waals surface area contributed by atoms with Crippen molar-refractivity contribution in [2.24, 2.45) is 5.92 Å². The first-order valence-corrected chi connectivity index (χ1v) is 12.0. The molecule has 0 saturated heterocycles. The van der Waals surface area contributed by atoms with Crippen LogP contribution in [0.4, 0.5) is 15.8 Å². The number of fused-ring (bicyclic) bond motifs is 3. The summed E-state index contributed by atoms with van der Waals surface area (Å²) in [6.07, 6.45) is 0.760. The minimum absolute atomic E-state index is 0.0157. The average molecular weight is 489 g/mol. The number of nitro groups is 1. The SMILES string of the molecule is O=[N+]([O-])c1ccccc1S[C@@H]1C[C@@H]2[C@H](c3cc(Cl)ccc3N[C@H]2c2ccc(F)cc2)[C@@H]1Cl. The fraction of sp³-hybridized carbons (Fsp3) is 0.250. The predicted molar refractivity (Wildman–Crippen MR) is 127 cm³/mol. The van der Waals surface area contributed by atoms with Crippen molar-refractivity contribution in [2.45, 2.75) is 33.9 Å². The zero-order valence-electron chi connectivity index (χ0n) is 16.8. The van der Waals surface area contributed by atoms with E-state index in [1.165, 1.54) is 30.0 Å². The summed E-state index contributed by atoms with van der Waals surface area (Å²) in [6.45, 7) is 0. The number of benzene rings is 3. The van der Waals surface area contributed by atoms with Gasteiger partial charge in [0.25, 0.3) is 5.69 Å². The lowest BCUT2D eigenvalue weighted by Crippen LogP contribution is -2.31. The van der Waals surface area contributed by atoms with Crippen LogP contribution in [0.3, 0.4) is 0 Å². The van der Waals surface area contributed by atoms with E-state index in [-0.39, 0.29) is 44.9 Å². The molecule has 5 atom stereocenters. The molecule has 0 unspecified atom stereocenters. The van der Waals surface area contributed by atoms with Crippen molar-refractivity contribution in [2.75, 3.05) is 5.32 Å². The van der Waals surface area contributed by atoms with E-state index in [0.717, 1.165) is 23.2 Å². The Morgan fingerprint density at radius 3 is 2.59 bits per heavy atom. The van der Waals surface area contributed by atoms with Crippen LogP contribution >= 0.6 is 35.0 Å². The van der Waals surface area contributed by atoms with Gasteiger partial charge in [0.15, 0.2) is 0 Å². The number of thioether (sulfide) groups is 1. The van der Waals surface area contributed by atoms with Gasteiger partial charge in [0.1, 0.15) is 5.82 Å². The maximum atomic E-state index is 13.6. The molecule has 0 radical (unpaired) electrons. The van der Waals surface area contributed by atoms with E-state index in [1.807, 2.05) is 18.2 Å². The summed E-state index contributed by atoms with van der Waals surface area (Å²) in [6, 6.07) is 19.0. The number of hydrogen-bond donors (Lipinski definition) is 1. The normalized spacial score (nSPS) is 26.2. The molecule has 0 bridgehead atoms. The van der Waals surface area contributed by atoms with Gasteiger partial charge in [0.05, 0.1) is 21.2 Å². The summed E-state index contributed by atoms with van der Waals surface area (Å²) in [5.74, 6) is -0.129. The highest BCUT2D eigenvalue weighted by Crippen LogP contribution is 2.58. The van der Waals surface area contributed by atoms with Gasteiger partial charge in [0.2, 0.25) is 0 Å². The Morgan fingerprint density at radius 2 is 1.84 bits per heavy atom. The number of halogens is 3. The summed E-state index contributed by atoms with van der Waals surface area (Å²) in [4.78, 5) is 11.8. The molecular formula is C24H19Cl2FN2O2S. The molecule has 1 saturated carbocycles. The molecule has 1 N–H and O–H groups in total. The highest BCUT2D eigenvalue weighted by molar-refractivity contribution is 8.00. The Bertz CT molecular complexity index is 1180. The van der Waals surface area contributed by atoms with Crippen molar-refractivity contribution in [1.82, 2.24) is 0 Å². The van der Waals surface area contributed by atoms with Crippen LogP contribution in [0, 0.1) is 21.8 Å². The minimum Gasteiger partial charge on any atom is -0.378 e. The highest BCUT2D eigenvalue weighted by Gasteiger charge is 2.50. The van der Waals surface area contributed by atoms with Crippen LogP contribution in [0.25, 0.3) is 0 Å². The van der Waals surface area contributed by atoms with E-state index in [9.17, 15) is 14.5 Å². The van der Waals surface area contributed by atoms with Crippen molar-refractivity contribution in [3.05, 3.63) is 98.8 Å². The summed E-state index contributed by atoms with van der Waals surface area (Å²) < 4.78 is 13.6. The van der Waals surface area contributed by atoms with Crippen LogP contribution in [-0.2, 0) is 0 Å². The van der Waals surface area contributed by atoms with Gasteiger partial charge in [-0.05, 0) is 59.9 Å². The molecule has 0 aromatic heterocycles. The fourth-order valence-corrected chi connectivity index (χ4v) is 7.08. The van der Waals surface area contributed by atoms with Crippen molar-refractivity contribution in [3.8, 4) is 0 Å². The van der Waals surface area contributed by atoms with E-state index < -0.39 is 0 Å². The number of hydrogen-bond acceptors (Lipinski definition) is 4. The van der Waals surface area contributed by atoms with Crippen molar-refractivity contribution >= 4 is 46.3 Å². The molecule has 5 rings (SSSR count). The van der Waals surface area contributed by atoms with Crippen LogP contribution in [0.5, 0.6) is 0 Å². The molecular weight excluding hydrogens is 470 g/mol. The Kier molecular flexibility index (Phi) is 5.78. The van der Waals surface area contributed by atoms with Gasteiger partial charge < -0.3 is 5.32 Å². The van der Waals surface area contributed by atoms with Gasteiger partial charge in [-0.25, -0.2) is 4.39 Å². The monoisotopic (exact) mass is 488 g/mol. The molecule has 1 heterocycles. The maximum absolute atomic E-state index is 13.6. The molecule has 3 aromatic carbocycles. The lowest BCUT2D eigenvalue weighted by atomic mass is 9.77. The van der Waals surface area contributed by atoms with Crippen LogP contribution in [-0.4, -0.2) is 15.6 Å². The van der Waals surface area contributed by atoms with Gasteiger partial charge in [-0.1, -0.05) is 35.9 Å². The van der Waals surface area contributed by atoms with Crippen LogP contribution in [0.1, 0.15) is 29.5 Å². The van der Waals surface area contributed by atoms with E-state index in [4.69, 9.17) is 23.2 Å². The number of nitrogens with one attached hydrogen (secondary N) is 1. The zero-order valence-corrected chi connectivity index (χ0v) is 19.1.